The van der Waals surface area contributed by atoms with E-state index < -0.39 is 29.8 Å². The van der Waals surface area contributed by atoms with Crippen molar-refractivity contribution in [3.63, 3.8) is 0 Å². The van der Waals surface area contributed by atoms with E-state index in [0.717, 1.165) is 42.6 Å². The van der Waals surface area contributed by atoms with Crippen LogP contribution in [0.3, 0.4) is 0 Å². The fourth-order valence-electron chi connectivity index (χ4n) is 5.67. The second-order valence-corrected chi connectivity index (χ2v) is 12.6. The zero-order valence-electron chi connectivity index (χ0n) is 25.8. The summed E-state index contributed by atoms with van der Waals surface area (Å²) in [6.45, 7) is 11.1. The first-order valence-corrected chi connectivity index (χ1v) is 15.7. The molecule has 3 N–H and O–H groups in total. The van der Waals surface area contributed by atoms with Gasteiger partial charge in [-0.2, -0.15) is 0 Å². The number of carboxylic acids is 1. The maximum atomic E-state index is 13.2. The zero-order chi connectivity index (χ0) is 31.8. The number of Topliss-reactive ketones (excluding diaryl/α,β-unsaturated/α-hetero) is 1. The number of thioether (sulfide) groups is 1. The van der Waals surface area contributed by atoms with Gasteiger partial charge in [0.15, 0.2) is 6.04 Å². The van der Waals surface area contributed by atoms with Crippen molar-refractivity contribution in [2.45, 2.75) is 96.4 Å². The van der Waals surface area contributed by atoms with Gasteiger partial charge in [-0.25, -0.2) is 14.2 Å². The predicted molar refractivity (Wildman–Crippen MR) is 167 cm³/mol. The van der Waals surface area contributed by atoms with Gasteiger partial charge in [0.25, 0.3) is 0 Å². The van der Waals surface area contributed by atoms with Crippen LogP contribution in [0.5, 0.6) is 11.5 Å². The van der Waals surface area contributed by atoms with Gasteiger partial charge in [-0.3, -0.25) is 14.5 Å². The summed E-state index contributed by atoms with van der Waals surface area (Å²) in [6.07, 6.45) is 6.75. The number of ketones is 1. The lowest BCUT2D eigenvalue weighted by Gasteiger charge is -2.28. The molecule has 0 radical (unpaired) electrons. The zero-order valence-corrected chi connectivity index (χ0v) is 26.6. The molecule has 11 heteroatoms. The summed E-state index contributed by atoms with van der Waals surface area (Å²) < 4.78 is 7.71. The molecule has 2 amide bonds. The van der Waals surface area contributed by atoms with Crippen molar-refractivity contribution in [2.75, 3.05) is 13.6 Å². The van der Waals surface area contributed by atoms with Gasteiger partial charge in [0, 0.05) is 11.3 Å². The molecule has 1 aliphatic carbocycles. The molecule has 3 atom stereocenters. The van der Waals surface area contributed by atoms with Gasteiger partial charge < -0.3 is 20.3 Å². The molecule has 0 aromatic heterocycles. The predicted octanol–water partition coefficient (Wildman–Crippen LogP) is 5.34. The Balaban J connectivity index is 1.92. The molecule has 2 aliphatic rings. The smallest absolute Gasteiger partial charge is 0.412 e. The van der Waals surface area contributed by atoms with Crippen LogP contribution in [-0.4, -0.2) is 75.2 Å². The Labute approximate surface area is 257 Å². The van der Waals surface area contributed by atoms with Crippen LogP contribution < -0.4 is 10.1 Å². The van der Waals surface area contributed by atoms with E-state index >= 15 is 0 Å². The molecule has 1 heterocycles. The van der Waals surface area contributed by atoms with Crippen molar-refractivity contribution in [1.82, 2.24) is 10.2 Å². The third kappa shape index (κ3) is 8.49. The summed E-state index contributed by atoms with van der Waals surface area (Å²) in [5.41, 5.74) is 2.28. The second-order valence-electron chi connectivity index (χ2n) is 11.3. The lowest BCUT2D eigenvalue weighted by molar-refractivity contribution is -0.534. The molecule has 0 spiro atoms. The Kier molecular flexibility index (Phi) is 12.0. The molecular formula is C32H44N3O7S+. The lowest BCUT2D eigenvalue weighted by Crippen LogP contribution is -2.38. The molecule has 1 aromatic rings. The van der Waals surface area contributed by atoms with Crippen molar-refractivity contribution >= 4 is 42.2 Å². The normalized spacial score (nSPS) is 20.1. The number of phenols is 1. The highest BCUT2D eigenvalue weighted by Gasteiger charge is 2.40. The molecule has 0 saturated heterocycles. The van der Waals surface area contributed by atoms with Gasteiger partial charge in [-0.15, -0.1) is 11.8 Å². The monoisotopic (exact) mass is 614 g/mol. The molecule has 0 bridgehead atoms. The highest BCUT2D eigenvalue weighted by atomic mass is 32.2. The van der Waals surface area contributed by atoms with E-state index in [4.69, 9.17) is 4.74 Å². The lowest BCUT2D eigenvalue weighted by atomic mass is 9.80. The first-order chi connectivity index (χ1) is 20.4. The van der Waals surface area contributed by atoms with Gasteiger partial charge in [-0.1, -0.05) is 38.3 Å². The maximum Gasteiger partial charge on any atom is 0.412 e. The summed E-state index contributed by atoms with van der Waals surface area (Å²) >= 11 is 1.17. The van der Waals surface area contributed by atoms with Gasteiger partial charge in [-0.05, 0) is 57.2 Å². The van der Waals surface area contributed by atoms with Crippen LogP contribution in [0.25, 0.3) is 0 Å². The Morgan fingerprint density at radius 2 is 1.93 bits per heavy atom. The number of nitrogens with one attached hydrogen (secondary N) is 1. The highest BCUT2D eigenvalue weighted by molar-refractivity contribution is 8.04. The number of unbranched alkanes of at least 4 members (excludes halogenated alkanes) is 2. The SMILES string of the molecule is C=[N+](C)[C@@H]1CCC(C)=C[C@H]1c1c(O)cc(CCCCC)cc1OC(=O)NCC1=C(C(=O)O)N(C(=O)CC(C)=O)C(CC)S1. The van der Waals surface area contributed by atoms with E-state index in [0.29, 0.717) is 18.4 Å². The van der Waals surface area contributed by atoms with Crippen LogP contribution >= 0.6 is 11.8 Å². The number of likely N-dealkylation sites (N-methyl/N-ethyl adjacent to an activating group) is 1. The Hall–Kier alpha value is -3.60. The quantitative estimate of drug-likeness (QED) is 0.0891. The minimum absolute atomic E-state index is 0.0198. The van der Waals surface area contributed by atoms with E-state index in [2.05, 4.69) is 25.0 Å². The number of benzene rings is 1. The Morgan fingerprint density at radius 1 is 1.21 bits per heavy atom. The first kappa shape index (κ1) is 33.9. The van der Waals surface area contributed by atoms with E-state index in [1.807, 2.05) is 25.5 Å². The van der Waals surface area contributed by atoms with Crippen molar-refractivity contribution in [3.8, 4) is 11.5 Å². The summed E-state index contributed by atoms with van der Waals surface area (Å²) in [5, 5.41) is 23.3. The standard InChI is InChI=1S/C32H43N3O7S/c1-7-9-10-11-21-16-24(37)29(22-14-19(3)12-13-23(22)34(5)6)25(17-21)42-32(41)33-18-26-30(31(39)40)35(28(8-2)43-26)27(38)15-20(4)36/h14,16-17,22-23,28H,5,7-13,15,18H2,1-4,6H3,(H2-,33,37,39,40,41)/p+1/t22-,23-,28?/m1/s1. The summed E-state index contributed by atoms with van der Waals surface area (Å²) in [6, 6.07) is 3.52. The van der Waals surface area contributed by atoms with Crippen LogP contribution in [0.1, 0.15) is 89.7 Å². The molecular weight excluding hydrogens is 570 g/mol. The van der Waals surface area contributed by atoms with Crippen LogP contribution in [0.15, 0.2) is 34.4 Å². The molecule has 1 aliphatic heterocycles. The van der Waals surface area contributed by atoms with Gasteiger partial charge in [0.1, 0.15) is 36.7 Å². The van der Waals surface area contributed by atoms with Crippen molar-refractivity contribution in [2.24, 2.45) is 0 Å². The van der Waals surface area contributed by atoms with Crippen molar-refractivity contribution in [1.29, 1.82) is 0 Å². The number of carbonyl (C=O) groups excluding carboxylic acids is 3. The molecule has 1 unspecified atom stereocenters. The second kappa shape index (κ2) is 15.2. The number of carboxylic acid groups (broad SMARTS) is 1. The average Bonchev–Trinajstić information content (AvgIpc) is 3.30. The van der Waals surface area contributed by atoms with Crippen LogP contribution in [-0.2, 0) is 20.8 Å². The average molecular weight is 615 g/mol. The van der Waals surface area contributed by atoms with Crippen molar-refractivity contribution < 1.29 is 38.7 Å². The number of ether oxygens (including phenoxy) is 1. The fourth-order valence-corrected chi connectivity index (χ4v) is 6.95. The van der Waals surface area contributed by atoms with Gasteiger partial charge in [0.2, 0.25) is 5.91 Å². The molecule has 1 aromatic carbocycles. The topological polar surface area (TPSA) is 136 Å². The van der Waals surface area contributed by atoms with E-state index in [-0.39, 0.29) is 46.4 Å². The largest absolute Gasteiger partial charge is 0.507 e. The molecule has 43 heavy (non-hydrogen) atoms. The minimum atomic E-state index is -1.32. The van der Waals surface area contributed by atoms with Crippen molar-refractivity contribution in [3.05, 3.63) is 45.5 Å². The summed E-state index contributed by atoms with van der Waals surface area (Å²) in [4.78, 5) is 51.1. The third-order valence-electron chi connectivity index (χ3n) is 7.75. The Morgan fingerprint density at radius 3 is 2.53 bits per heavy atom. The Bertz CT molecular complexity index is 1340. The fraction of sp³-hybridized carbons (Fsp3) is 0.531. The van der Waals surface area contributed by atoms with Crippen LogP contribution in [0.2, 0.25) is 0 Å². The highest BCUT2D eigenvalue weighted by Crippen LogP contribution is 2.43. The van der Waals surface area contributed by atoms with E-state index in [1.165, 1.54) is 24.3 Å². The van der Waals surface area contributed by atoms with E-state index in [9.17, 15) is 29.4 Å². The number of hydrogen-bond donors (Lipinski definition) is 3. The number of carbonyl (C=O) groups is 4. The molecule has 0 saturated carbocycles. The van der Waals surface area contributed by atoms with Crippen LogP contribution in [0, 0.1) is 0 Å². The number of aliphatic carboxylic acids is 1. The molecule has 3 rings (SSSR count). The number of hydrogen-bond acceptors (Lipinski definition) is 7. The first-order valence-electron chi connectivity index (χ1n) is 14.8. The molecule has 234 valence electrons. The van der Waals surface area contributed by atoms with Gasteiger partial charge >= 0.3 is 12.1 Å². The number of amides is 2. The summed E-state index contributed by atoms with van der Waals surface area (Å²) in [7, 11) is 1.89. The third-order valence-corrected chi connectivity index (χ3v) is 9.19. The molecule has 0 fully saturated rings. The maximum absolute atomic E-state index is 13.2. The van der Waals surface area contributed by atoms with E-state index in [1.54, 1.807) is 12.1 Å². The van der Waals surface area contributed by atoms with Crippen LogP contribution in [0.4, 0.5) is 4.79 Å². The number of nitrogens with zero attached hydrogens (tertiary/aromatic N) is 2. The number of rotatable bonds is 13. The molecule has 10 nitrogen and oxygen atoms in total. The minimum Gasteiger partial charge on any atom is -0.507 e. The number of allylic oxidation sites excluding steroid dienone is 1. The number of phenolic OH excluding ortho intramolecular Hbond substituents is 1. The summed E-state index contributed by atoms with van der Waals surface area (Å²) in [5.74, 6) is -2.25. The van der Waals surface area contributed by atoms with Gasteiger partial charge in [0.05, 0.1) is 29.8 Å². The number of aryl methyl sites for hydroxylation is 1. The number of aromatic hydroxyl groups is 1.